The van der Waals surface area contributed by atoms with Gasteiger partial charge in [0.25, 0.3) is 0 Å². The van der Waals surface area contributed by atoms with Crippen molar-refractivity contribution in [2.24, 2.45) is 0 Å². The molecule has 5 aromatic rings. The molecule has 0 aliphatic carbocycles. The zero-order chi connectivity index (χ0) is 19.5. The van der Waals surface area contributed by atoms with E-state index in [1.54, 1.807) is 22.7 Å². The number of halogens is 2. The van der Waals surface area contributed by atoms with E-state index < -0.39 is 6.97 Å². The summed E-state index contributed by atoms with van der Waals surface area (Å²) in [6, 6.07) is 17.6. The lowest BCUT2D eigenvalue weighted by atomic mass is 9.88. The maximum absolute atomic E-state index is 16.3. The molecule has 0 saturated carbocycles. The lowest BCUT2D eigenvalue weighted by Gasteiger charge is -2.30. The quantitative estimate of drug-likeness (QED) is 0.312. The number of rotatable bonds is 0. The molecular weight excluding hydrogens is 405 g/mol. The van der Waals surface area contributed by atoms with E-state index in [1.807, 2.05) is 67.6 Å². The molecular formula is C22H13BF2N2S2. The van der Waals surface area contributed by atoms with Gasteiger partial charge < -0.3 is 17.6 Å². The first-order chi connectivity index (χ1) is 14.1. The van der Waals surface area contributed by atoms with Gasteiger partial charge in [-0.05, 0) is 31.2 Å². The fourth-order valence-corrected chi connectivity index (χ4v) is 7.16. The van der Waals surface area contributed by atoms with Crippen LogP contribution in [0.5, 0.6) is 0 Å². The van der Waals surface area contributed by atoms with E-state index in [0.717, 1.165) is 35.0 Å². The summed E-state index contributed by atoms with van der Waals surface area (Å²) in [6.45, 7) is -2.06. The van der Waals surface area contributed by atoms with Crippen molar-refractivity contribution >= 4 is 71.7 Å². The highest BCUT2D eigenvalue weighted by molar-refractivity contribution is 7.25. The predicted molar refractivity (Wildman–Crippen MR) is 120 cm³/mol. The Morgan fingerprint density at radius 1 is 0.897 bits per heavy atom. The molecule has 0 amide bonds. The maximum atomic E-state index is 16.3. The third kappa shape index (κ3) is 1.79. The summed E-state index contributed by atoms with van der Waals surface area (Å²) in [6.07, 6.45) is 1.94. The molecule has 0 spiro atoms. The Hall–Kier alpha value is -2.77. The van der Waals surface area contributed by atoms with Gasteiger partial charge in [0.1, 0.15) is 4.53 Å². The number of benzene rings is 2. The Balaban J connectivity index is 1.71. The van der Waals surface area contributed by atoms with Gasteiger partial charge in [0.15, 0.2) is 11.1 Å². The molecule has 29 heavy (non-hydrogen) atoms. The minimum absolute atomic E-state index is 0.629. The van der Waals surface area contributed by atoms with Gasteiger partial charge in [-0.25, -0.2) is 0 Å². The molecule has 0 radical (unpaired) electrons. The van der Waals surface area contributed by atoms with Crippen LogP contribution in [0.3, 0.4) is 0 Å². The summed E-state index contributed by atoms with van der Waals surface area (Å²) in [4.78, 5) is 0. The van der Waals surface area contributed by atoms with E-state index in [-0.39, 0.29) is 0 Å². The van der Waals surface area contributed by atoms with Gasteiger partial charge in [0.2, 0.25) is 0 Å². The molecule has 0 saturated heterocycles. The minimum Gasteiger partial charge on any atom is -0.389 e. The molecule has 0 fully saturated rings. The number of allylic oxidation sites excluding steroid dienone is 2. The molecule has 7 heteroatoms. The van der Waals surface area contributed by atoms with Crippen LogP contribution in [0.1, 0.15) is 12.6 Å². The van der Waals surface area contributed by atoms with Crippen molar-refractivity contribution in [2.75, 3.05) is 0 Å². The molecule has 0 N–H and O–H groups in total. The minimum atomic E-state index is -4.02. The average molecular weight is 418 g/mol. The van der Waals surface area contributed by atoms with E-state index in [1.165, 1.54) is 8.96 Å². The predicted octanol–water partition coefficient (Wildman–Crippen LogP) is 5.02. The summed E-state index contributed by atoms with van der Waals surface area (Å²) in [7, 11) is 0. The highest BCUT2D eigenvalue weighted by Crippen LogP contribution is 2.43. The smallest absolute Gasteiger partial charge is 0.389 e. The highest BCUT2D eigenvalue weighted by Gasteiger charge is 2.53. The fourth-order valence-electron chi connectivity index (χ4n) is 4.89. The lowest BCUT2D eigenvalue weighted by molar-refractivity contribution is 0.519. The van der Waals surface area contributed by atoms with Crippen molar-refractivity contribution in [3.63, 3.8) is 0 Å². The number of hydrogen-bond donors (Lipinski definition) is 0. The van der Waals surface area contributed by atoms with Gasteiger partial charge in [0, 0.05) is 37.6 Å². The van der Waals surface area contributed by atoms with Crippen LogP contribution in [-0.2, 0) is 0 Å². The van der Waals surface area contributed by atoms with Crippen molar-refractivity contribution in [3.8, 4) is 0 Å². The summed E-state index contributed by atoms with van der Waals surface area (Å²) in [5.41, 5.74) is 2.81. The molecule has 140 valence electrons. The fraction of sp³-hybridized carbons (Fsp3) is 0.0455. The number of nitrogens with zero attached hydrogens (tertiary/aromatic N) is 2. The highest BCUT2D eigenvalue weighted by atomic mass is 32.1. The Morgan fingerprint density at radius 2 is 1.59 bits per heavy atom. The number of hydrogen-bond acceptors (Lipinski definition) is 2. The lowest BCUT2D eigenvalue weighted by Crippen LogP contribution is -2.56. The number of fused-ring (bicyclic) bond motifs is 9. The second-order valence-electron chi connectivity index (χ2n) is 7.63. The molecule has 3 aromatic heterocycles. The first-order valence-electron chi connectivity index (χ1n) is 9.47. The Labute approximate surface area is 172 Å². The molecule has 5 heterocycles. The van der Waals surface area contributed by atoms with Crippen LogP contribution in [0.2, 0.25) is 0 Å². The van der Waals surface area contributed by atoms with E-state index in [4.69, 9.17) is 0 Å². The van der Waals surface area contributed by atoms with Gasteiger partial charge in [-0.3, -0.25) is 0 Å². The molecule has 0 unspecified atom stereocenters. The van der Waals surface area contributed by atoms with E-state index in [0.29, 0.717) is 22.3 Å². The van der Waals surface area contributed by atoms with Crippen molar-refractivity contribution in [1.82, 2.24) is 8.96 Å². The van der Waals surface area contributed by atoms with Crippen LogP contribution in [0.15, 0.2) is 60.3 Å². The zero-order valence-corrected chi connectivity index (χ0v) is 17.0. The summed E-state index contributed by atoms with van der Waals surface area (Å²) in [5.74, 6) is 0. The Morgan fingerprint density at radius 3 is 2.38 bits per heavy atom. The molecule has 2 aromatic carbocycles. The van der Waals surface area contributed by atoms with Crippen molar-refractivity contribution in [2.45, 2.75) is 6.92 Å². The third-order valence-electron chi connectivity index (χ3n) is 6.12. The summed E-state index contributed by atoms with van der Waals surface area (Å²) >= 11 is 3.16. The van der Waals surface area contributed by atoms with Crippen molar-refractivity contribution in [3.05, 3.63) is 75.9 Å². The SMILES string of the molecule is CC1=C2C=c3sc4ccccc4c3=[N+]2[B-](F)(F)n2c1cc1sc3ccccc3c12. The third-order valence-corrected chi connectivity index (χ3v) is 8.33. The van der Waals surface area contributed by atoms with Crippen molar-refractivity contribution in [1.29, 1.82) is 0 Å². The average Bonchev–Trinajstić information content (AvgIpc) is 3.42. The van der Waals surface area contributed by atoms with Crippen LogP contribution < -0.4 is 14.4 Å². The molecule has 7 rings (SSSR count). The van der Waals surface area contributed by atoms with E-state index in [2.05, 4.69) is 0 Å². The second-order valence-corrected chi connectivity index (χ2v) is 9.80. The Bertz CT molecular complexity index is 1700. The molecule has 2 nitrogen and oxygen atoms in total. The molecule has 0 bridgehead atoms. The van der Waals surface area contributed by atoms with E-state index >= 15 is 8.63 Å². The largest absolute Gasteiger partial charge is 0.738 e. The molecule has 2 aliphatic rings. The number of aromatic nitrogens is 1. The van der Waals surface area contributed by atoms with Gasteiger partial charge >= 0.3 is 6.97 Å². The van der Waals surface area contributed by atoms with Gasteiger partial charge in [-0.15, -0.1) is 22.7 Å². The molecule has 0 atom stereocenters. The van der Waals surface area contributed by atoms with Crippen LogP contribution in [0.4, 0.5) is 8.63 Å². The summed E-state index contributed by atoms with van der Waals surface area (Å²) < 4.78 is 39.1. The standard InChI is InChI=1S/C22H13BF2N2S2/c1-12-15-10-19-21(13-6-2-4-8-17(13)28-19)26(15)23(24,25)27-16(12)11-20-22(27)14-7-3-5-9-18(14)29-20/h2-11H,1H3. The van der Waals surface area contributed by atoms with Crippen LogP contribution in [0, 0.1) is 0 Å². The molecule has 2 aliphatic heterocycles. The maximum Gasteiger partial charge on any atom is 0.738 e. The van der Waals surface area contributed by atoms with Crippen LogP contribution in [-0.4, -0.2) is 11.4 Å². The van der Waals surface area contributed by atoms with Gasteiger partial charge in [0.05, 0.1) is 10.1 Å². The van der Waals surface area contributed by atoms with Crippen LogP contribution >= 0.6 is 22.7 Å². The first-order valence-corrected chi connectivity index (χ1v) is 11.1. The van der Waals surface area contributed by atoms with Gasteiger partial charge in [-0.1, -0.05) is 30.3 Å². The zero-order valence-electron chi connectivity index (χ0n) is 15.3. The normalized spacial score (nSPS) is 17.1. The van der Waals surface area contributed by atoms with E-state index in [9.17, 15) is 0 Å². The van der Waals surface area contributed by atoms with Crippen molar-refractivity contribution < 1.29 is 8.63 Å². The summed E-state index contributed by atoms with van der Waals surface area (Å²) in [5, 5.41) is 2.45. The van der Waals surface area contributed by atoms with Crippen LogP contribution in [0.25, 0.3) is 42.0 Å². The number of thiophene rings is 2. The monoisotopic (exact) mass is 418 g/mol. The Kier molecular flexibility index (Phi) is 2.79. The second kappa shape index (κ2) is 5.04. The van der Waals surface area contributed by atoms with Gasteiger partial charge in [-0.2, -0.15) is 0 Å². The topological polar surface area (TPSA) is 7.94 Å². The first kappa shape index (κ1) is 16.1.